The summed E-state index contributed by atoms with van der Waals surface area (Å²) in [5.74, 6) is 1.12. The number of ether oxygens (including phenoxy) is 1. The van der Waals surface area contributed by atoms with Crippen LogP contribution in [0.1, 0.15) is 17.2 Å². The van der Waals surface area contributed by atoms with Crippen molar-refractivity contribution >= 4 is 34.4 Å². The highest BCUT2D eigenvalue weighted by molar-refractivity contribution is 7.97. The van der Waals surface area contributed by atoms with Gasteiger partial charge < -0.3 is 9.30 Å². The van der Waals surface area contributed by atoms with Gasteiger partial charge in [-0.05, 0) is 37.4 Å². The van der Waals surface area contributed by atoms with E-state index in [-0.39, 0.29) is 18.7 Å². The number of pyridine rings is 1. The van der Waals surface area contributed by atoms with Gasteiger partial charge in [0.25, 0.3) is 5.56 Å². The largest absolute Gasteiger partial charge is 0.458 e. The van der Waals surface area contributed by atoms with Crippen molar-refractivity contribution in [2.75, 3.05) is 6.26 Å². The van der Waals surface area contributed by atoms with Crippen LogP contribution in [-0.2, 0) is 28.4 Å². The Kier molecular flexibility index (Phi) is 5.35. The van der Waals surface area contributed by atoms with Crippen LogP contribution in [0, 0.1) is 6.92 Å². The van der Waals surface area contributed by atoms with E-state index in [1.165, 1.54) is 10.5 Å². The first-order chi connectivity index (χ1) is 14.1. The summed E-state index contributed by atoms with van der Waals surface area (Å²) in [6.07, 6.45) is 1.99. The van der Waals surface area contributed by atoms with Crippen LogP contribution in [0.15, 0.2) is 53.3 Å². The predicted molar refractivity (Wildman–Crippen MR) is 113 cm³/mol. The van der Waals surface area contributed by atoms with E-state index >= 15 is 0 Å². The molecule has 3 aromatic heterocycles. The van der Waals surface area contributed by atoms with Crippen LogP contribution in [0.5, 0.6) is 0 Å². The molecule has 0 aliphatic rings. The Balaban J connectivity index is 1.53. The molecule has 29 heavy (non-hydrogen) atoms. The molecule has 7 nitrogen and oxygen atoms in total. The molecule has 0 saturated carbocycles. The van der Waals surface area contributed by atoms with Crippen molar-refractivity contribution in [3.05, 3.63) is 76.1 Å². The maximum absolute atomic E-state index is 12.5. The predicted octanol–water partition coefficient (Wildman–Crippen LogP) is 2.96. The van der Waals surface area contributed by atoms with E-state index in [1.807, 2.05) is 54.1 Å². The fourth-order valence-electron chi connectivity index (χ4n) is 3.31. The lowest BCUT2D eigenvalue weighted by Crippen LogP contribution is -2.19. The Morgan fingerprint density at radius 1 is 1.14 bits per heavy atom. The van der Waals surface area contributed by atoms with Crippen molar-refractivity contribution in [2.45, 2.75) is 25.8 Å². The zero-order valence-electron chi connectivity index (χ0n) is 16.2. The molecule has 8 heteroatoms. The maximum Gasteiger partial charge on any atom is 0.326 e. The Labute approximate surface area is 171 Å². The highest BCUT2D eigenvalue weighted by atomic mass is 32.2. The molecule has 148 valence electrons. The minimum Gasteiger partial charge on any atom is -0.458 e. The van der Waals surface area contributed by atoms with Crippen molar-refractivity contribution in [3.63, 3.8) is 0 Å². The number of hydrogen-bond donors (Lipinski definition) is 0. The second-order valence-electron chi connectivity index (χ2n) is 6.64. The zero-order chi connectivity index (χ0) is 20.4. The molecule has 1 aromatic carbocycles. The second kappa shape index (κ2) is 8.08. The van der Waals surface area contributed by atoms with Gasteiger partial charge in [0.2, 0.25) is 0 Å². The van der Waals surface area contributed by atoms with Gasteiger partial charge in [-0.1, -0.05) is 18.2 Å². The molecule has 0 aliphatic carbocycles. The third-order valence-corrected chi connectivity index (χ3v) is 5.16. The first-order valence-electron chi connectivity index (χ1n) is 9.14. The standard InChI is InChI=1S/C21H20N4O3S/c1-14-6-5-9-18-22-15(10-20(26)25(14)18)12-28-21(27)11-24-17-8-4-3-7-16(17)23-19(24)13-29-2/h3-10H,11-13H2,1-2H3. The van der Waals surface area contributed by atoms with E-state index in [2.05, 4.69) is 9.97 Å². The normalized spacial score (nSPS) is 11.2. The number of aromatic nitrogens is 4. The van der Waals surface area contributed by atoms with Gasteiger partial charge in [0.15, 0.2) is 0 Å². The van der Waals surface area contributed by atoms with Crippen LogP contribution < -0.4 is 5.56 Å². The SMILES string of the molecule is CSCc1nc2ccccc2n1CC(=O)OCc1cc(=O)n2c(C)cccc2n1. The number of fused-ring (bicyclic) bond motifs is 2. The highest BCUT2D eigenvalue weighted by Gasteiger charge is 2.14. The third-order valence-electron chi connectivity index (χ3n) is 4.61. The molecule has 0 radical (unpaired) electrons. The molecule has 0 N–H and O–H groups in total. The van der Waals surface area contributed by atoms with Crippen LogP contribution in [0.25, 0.3) is 16.7 Å². The molecule has 0 bridgehead atoms. The molecule has 0 fully saturated rings. The summed E-state index contributed by atoms with van der Waals surface area (Å²) in [5.41, 5.74) is 3.31. The van der Waals surface area contributed by atoms with Crippen LogP contribution >= 0.6 is 11.8 Å². The summed E-state index contributed by atoms with van der Waals surface area (Å²) < 4.78 is 8.81. The van der Waals surface area contributed by atoms with Gasteiger partial charge in [0.05, 0.1) is 22.5 Å². The molecule has 0 amide bonds. The minimum atomic E-state index is -0.401. The van der Waals surface area contributed by atoms with Gasteiger partial charge in [-0.15, -0.1) is 0 Å². The molecule has 4 aromatic rings. The van der Waals surface area contributed by atoms with Crippen LogP contribution in [0.4, 0.5) is 0 Å². The third kappa shape index (κ3) is 3.88. The van der Waals surface area contributed by atoms with Crippen molar-refractivity contribution < 1.29 is 9.53 Å². The second-order valence-corrected chi connectivity index (χ2v) is 7.51. The Hall–Kier alpha value is -3.13. The summed E-state index contributed by atoms with van der Waals surface area (Å²) >= 11 is 1.64. The molecule has 3 heterocycles. The monoisotopic (exact) mass is 408 g/mol. The van der Waals surface area contributed by atoms with Gasteiger partial charge in [0.1, 0.15) is 24.6 Å². The van der Waals surface area contributed by atoms with Gasteiger partial charge >= 0.3 is 5.97 Å². The average Bonchev–Trinajstić information content (AvgIpc) is 3.04. The van der Waals surface area contributed by atoms with Crippen LogP contribution in [0.2, 0.25) is 0 Å². The number of carbonyl (C=O) groups is 1. The number of thioether (sulfide) groups is 1. The van der Waals surface area contributed by atoms with E-state index in [1.54, 1.807) is 17.8 Å². The van der Waals surface area contributed by atoms with Gasteiger partial charge in [-0.25, -0.2) is 9.97 Å². The van der Waals surface area contributed by atoms with E-state index in [4.69, 9.17) is 4.74 Å². The number of imidazole rings is 1. The number of rotatable bonds is 6. The molecular formula is C21H20N4O3S. The van der Waals surface area contributed by atoms with Crippen molar-refractivity contribution in [1.82, 2.24) is 18.9 Å². The van der Waals surface area contributed by atoms with E-state index in [0.29, 0.717) is 17.1 Å². The Morgan fingerprint density at radius 2 is 1.97 bits per heavy atom. The number of para-hydroxylation sites is 2. The topological polar surface area (TPSA) is 78.5 Å². The minimum absolute atomic E-state index is 0.0526. The lowest BCUT2D eigenvalue weighted by molar-refractivity contribution is -0.145. The summed E-state index contributed by atoms with van der Waals surface area (Å²) in [4.78, 5) is 33.9. The van der Waals surface area contributed by atoms with E-state index < -0.39 is 5.97 Å². The lowest BCUT2D eigenvalue weighted by Gasteiger charge is -2.10. The Morgan fingerprint density at radius 3 is 2.79 bits per heavy atom. The lowest BCUT2D eigenvalue weighted by atomic mass is 10.3. The Bertz CT molecular complexity index is 1260. The van der Waals surface area contributed by atoms with E-state index in [9.17, 15) is 9.59 Å². The number of aryl methyl sites for hydroxylation is 1. The quantitative estimate of drug-likeness (QED) is 0.457. The van der Waals surface area contributed by atoms with Gasteiger partial charge in [-0.3, -0.25) is 14.0 Å². The molecule has 0 aliphatic heterocycles. The van der Waals surface area contributed by atoms with Gasteiger partial charge in [-0.2, -0.15) is 11.8 Å². The number of benzene rings is 1. The van der Waals surface area contributed by atoms with Crippen LogP contribution in [-0.4, -0.2) is 31.2 Å². The van der Waals surface area contributed by atoms with E-state index in [0.717, 1.165) is 22.6 Å². The molecular weight excluding hydrogens is 388 g/mol. The van der Waals surface area contributed by atoms with Crippen molar-refractivity contribution in [2.24, 2.45) is 0 Å². The molecule has 4 rings (SSSR count). The zero-order valence-corrected chi connectivity index (χ0v) is 17.0. The number of carbonyl (C=O) groups excluding carboxylic acids is 1. The maximum atomic E-state index is 12.5. The summed E-state index contributed by atoms with van der Waals surface area (Å²) in [6.45, 7) is 1.85. The fraction of sp³-hybridized carbons (Fsp3) is 0.238. The molecule has 0 atom stereocenters. The first kappa shape index (κ1) is 19.2. The van der Waals surface area contributed by atoms with Crippen molar-refractivity contribution in [3.8, 4) is 0 Å². The summed E-state index contributed by atoms with van der Waals surface area (Å²) in [7, 11) is 0. The first-order valence-corrected chi connectivity index (χ1v) is 10.5. The summed E-state index contributed by atoms with van der Waals surface area (Å²) in [6, 6.07) is 14.5. The fourth-order valence-corrected chi connectivity index (χ4v) is 3.79. The smallest absolute Gasteiger partial charge is 0.326 e. The number of nitrogens with zero attached hydrogens (tertiary/aromatic N) is 4. The van der Waals surface area contributed by atoms with Crippen LogP contribution in [0.3, 0.4) is 0 Å². The van der Waals surface area contributed by atoms with Gasteiger partial charge in [0, 0.05) is 11.8 Å². The number of esters is 1. The summed E-state index contributed by atoms with van der Waals surface area (Å²) in [5, 5.41) is 0. The molecule has 0 spiro atoms. The molecule has 0 saturated heterocycles. The molecule has 0 unspecified atom stereocenters. The average molecular weight is 408 g/mol. The highest BCUT2D eigenvalue weighted by Crippen LogP contribution is 2.19. The number of hydrogen-bond acceptors (Lipinski definition) is 6. The van der Waals surface area contributed by atoms with Crippen molar-refractivity contribution in [1.29, 1.82) is 0 Å².